The van der Waals surface area contributed by atoms with Gasteiger partial charge in [0.1, 0.15) is 11.5 Å². The number of anilines is 12. The van der Waals surface area contributed by atoms with E-state index in [0.717, 1.165) is 119 Å². The first-order valence-electron chi connectivity index (χ1n) is 31.5. The molecule has 0 radical (unpaired) electrons. The van der Waals surface area contributed by atoms with Gasteiger partial charge in [0.2, 0.25) is 0 Å². The van der Waals surface area contributed by atoms with E-state index in [1.54, 1.807) is 0 Å². The number of fused-ring (bicyclic) bond motifs is 8. The summed E-state index contributed by atoms with van der Waals surface area (Å²) in [6.45, 7) is -0.311. The minimum Gasteiger partial charge on any atom is -0.458 e. The van der Waals surface area contributed by atoms with Crippen molar-refractivity contribution < 1.29 is 4.74 Å². The van der Waals surface area contributed by atoms with Gasteiger partial charge in [0.05, 0.1) is 28.4 Å². The Morgan fingerprint density at radius 2 is 0.696 bits per heavy atom. The normalized spacial score (nSPS) is 12.7. The first-order valence-corrected chi connectivity index (χ1v) is 32.4. The van der Waals surface area contributed by atoms with Gasteiger partial charge in [0, 0.05) is 72.4 Å². The van der Waals surface area contributed by atoms with Gasteiger partial charge in [-0.2, -0.15) is 0 Å². The number of nitrogens with zero attached hydrogens (tertiary/aromatic N) is 4. The summed E-state index contributed by atoms with van der Waals surface area (Å²) < 4.78 is 7.17. The Balaban J connectivity index is 0.946. The number of rotatable bonds is 11. The molecule has 92 heavy (non-hydrogen) atoms. The summed E-state index contributed by atoms with van der Waals surface area (Å²) in [6, 6.07) is 125. The molecule has 0 amide bonds. The standard InChI is InChI=1S/C84H56B2N4OS/c1-7-29-57(30-8-1)65-41-19-24-46-72(65)88(62-39-17-6-18-40-62)63-51-77-83-78(52-63)90(74-48-26-21-43-67(74)59-33-11-3-12-34-59)76-56-81-71(55-70(76)85(83)68-44-22-27-49-75(68)89(77)73-47-25-20-42-66(73)58-31-9-2-10-32-58)86-69-45-23-28-50-79(69)91-80-53-64(54-82(92-81)84(80)86)87(60-35-13-4-14-36-60)61-37-15-5-16-38-61/h1-56H. The number of benzene rings is 14. The third-order valence-corrected chi connectivity index (χ3v) is 19.8. The fourth-order valence-electron chi connectivity index (χ4n) is 14.8. The van der Waals surface area contributed by atoms with Crippen molar-refractivity contribution in [3.8, 4) is 44.9 Å². The van der Waals surface area contributed by atoms with E-state index in [0.29, 0.717) is 0 Å². The van der Waals surface area contributed by atoms with E-state index in [-0.39, 0.29) is 13.4 Å². The Hall–Kier alpha value is -11.4. The second-order valence-electron chi connectivity index (χ2n) is 23.9. The Kier molecular flexibility index (Phi) is 13.0. The van der Waals surface area contributed by atoms with Crippen molar-refractivity contribution in [3.63, 3.8) is 0 Å². The van der Waals surface area contributed by atoms with Crippen molar-refractivity contribution in [1.82, 2.24) is 0 Å². The highest BCUT2D eigenvalue weighted by Gasteiger charge is 2.48. The van der Waals surface area contributed by atoms with Crippen LogP contribution >= 0.6 is 11.8 Å². The lowest BCUT2D eigenvalue weighted by molar-refractivity contribution is 0.486. The second-order valence-corrected chi connectivity index (χ2v) is 25.0. The summed E-state index contributed by atoms with van der Waals surface area (Å²) in [7, 11) is 0. The number of ether oxygens (including phenoxy) is 1. The molecule has 4 aliphatic heterocycles. The van der Waals surface area contributed by atoms with Crippen LogP contribution in [-0.2, 0) is 0 Å². The first-order chi connectivity index (χ1) is 45.7. The van der Waals surface area contributed by atoms with Crippen molar-refractivity contribution in [1.29, 1.82) is 0 Å². The summed E-state index contributed by atoms with van der Waals surface area (Å²) in [5.41, 5.74) is 27.2. The van der Waals surface area contributed by atoms with Gasteiger partial charge in [-0.1, -0.05) is 260 Å². The highest BCUT2D eigenvalue weighted by Crippen LogP contribution is 2.53. The smallest absolute Gasteiger partial charge is 0.253 e. The van der Waals surface area contributed by atoms with Crippen LogP contribution in [-0.4, -0.2) is 13.4 Å². The van der Waals surface area contributed by atoms with Crippen LogP contribution in [0, 0.1) is 0 Å². The topological polar surface area (TPSA) is 22.2 Å². The zero-order valence-corrected chi connectivity index (χ0v) is 50.9. The van der Waals surface area contributed by atoms with Crippen LogP contribution in [0.25, 0.3) is 33.4 Å². The van der Waals surface area contributed by atoms with Crippen molar-refractivity contribution in [2.24, 2.45) is 0 Å². The maximum atomic E-state index is 7.17. The van der Waals surface area contributed by atoms with E-state index in [2.05, 4.69) is 359 Å². The highest BCUT2D eigenvalue weighted by atomic mass is 32.2. The van der Waals surface area contributed by atoms with Crippen molar-refractivity contribution in [2.75, 3.05) is 19.6 Å². The Bertz CT molecular complexity index is 5120. The summed E-state index contributed by atoms with van der Waals surface area (Å²) >= 11 is 1.86. The monoisotopic (exact) mass is 1190 g/mol. The van der Waals surface area contributed by atoms with Gasteiger partial charge < -0.3 is 24.3 Å². The highest BCUT2D eigenvalue weighted by molar-refractivity contribution is 8.00. The fraction of sp³-hybridized carbons (Fsp3) is 0. The van der Waals surface area contributed by atoms with Gasteiger partial charge >= 0.3 is 0 Å². The summed E-state index contributed by atoms with van der Waals surface area (Å²) in [6.07, 6.45) is 0. The Labute approximate surface area is 541 Å². The van der Waals surface area contributed by atoms with E-state index in [1.807, 2.05) is 11.8 Å². The van der Waals surface area contributed by atoms with Gasteiger partial charge in [-0.25, -0.2) is 0 Å². The summed E-state index contributed by atoms with van der Waals surface area (Å²) in [5, 5.41) is 0. The molecule has 0 saturated heterocycles. The molecule has 0 fully saturated rings. The van der Waals surface area contributed by atoms with Gasteiger partial charge in [-0.3, -0.25) is 0 Å². The third kappa shape index (κ3) is 8.81. The lowest BCUT2D eigenvalue weighted by Crippen LogP contribution is -2.64. The minimum atomic E-state index is -0.193. The maximum Gasteiger partial charge on any atom is 0.253 e. The minimum absolute atomic E-state index is 0.118. The fourth-order valence-corrected chi connectivity index (χ4v) is 16.0. The molecule has 4 heterocycles. The largest absolute Gasteiger partial charge is 0.458 e. The van der Waals surface area contributed by atoms with Crippen LogP contribution in [0.3, 0.4) is 0 Å². The zero-order valence-electron chi connectivity index (χ0n) is 50.1. The molecular formula is C84H56B2N4OS. The van der Waals surface area contributed by atoms with Gasteiger partial charge in [0.15, 0.2) is 0 Å². The molecule has 0 saturated carbocycles. The molecular weight excluding hydrogens is 1130 g/mol. The molecule has 5 nitrogen and oxygen atoms in total. The van der Waals surface area contributed by atoms with Crippen LogP contribution in [0.2, 0.25) is 0 Å². The molecule has 0 bridgehead atoms. The zero-order chi connectivity index (χ0) is 60.6. The molecule has 0 atom stereocenters. The quantitative estimate of drug-likeness (QED) is 0.120. The molecule has 4 aliphatic rings. The van der Waals surface area contributed by atoms with Crippen molar-refractivity contribution >= 4 is 126 Å². The van der Waals surface area contributed by atoms with E-state index in [9.17, 15) is 0 Å². The average Bonchev–Trinajstić information content (AvgIpc) is 0.694. The first kappa shape index (κ1) is 53.6. The van der Waals surface area contributed by atoms with Crippen LogP contribution in [0.15, 0.2) is 350 Å². The van der Waals surface area contributed by atoms with Crippen LogP contribution < -0.4 is 57.1 Å². The van der Waals surface area contributed by atoms with Gasteiger partial charge in [0.25, 0.3) is 13.4 Å². The average molecular weight is 1190 g/mol. The predicted octanol–water partition coefficient (Wildman–Crippen LogP) is 18.8. The lowest BCUT2D eigenvalue weighted by Gasteiger charge is -2.46. The summed E-state index contributed by atoms with van der Waals surface area (Å²) in [5.74, 6) is 1.75. The van der Waals surface area contributed by atoms with Crippen LogP contribution in [0.5, 0.6) is 11.5 Å². The van der Waals surface area contributed by atoms with Crippen LogP contribution in [0.1, 0.15) is 0 Å². The Morgan fingerprint density at radius 3 is 1.28 bits per heavy atom. The third-order valence-electron chi connectivity index (χ3n) is 18.7. The van der Waals surface area contributed by atoms with Crippen LogP contribution in [0.4, 0.5) is 68.2 Å². The van der Waals surface area contributed by atoms with E-state index >= 15 is 0 Å². The number of para-hydroxylation sites is 8. The van der Waals surface area contributed by atoms with E-state index in [1.165, 1.54) is 37.1 Å². The number of hydrogen-bond donors (Lipinski definition) is 0. The van der Waals surface area contributed by atoms with Gasteiger partial charge in [-0.15, -0.1) is 0 Å². The summed E-state index contributed by atoms with van der Waals surface area (Å²) in [4.78, 5) is 12.4. The molecule has 0 unspecified atom stereocenters. The SMILES string of the molecule is c1ccc(-c2ccccc2N(c2ccccc2)c2cc3c4c(c2)N(c2ccccc2-c2ccccc2)c2cc5c(cc2B4c2ccccc2N3c2ccccc2-c2ccccc2)B2c3ccccc3Oc3cc(N(c4ccccc4)c4ccccc4)cc(c32)S5)cc1. The van der Waals surface area contributed by atoms with Crippen molar-refractivity contribution in [3.05, 3.63) is 340 Å². The molecule has 14 aromatic carbocycles. The predicted molar refractivity (Wildman–Crippen MR) is 388 cm³/mol. The molecule has 0 spiro atoms. The lowest BCUT2D eigenvalue weighted by atomic mass is 9.31. The van der Waals surface area contributed by atoms with Gasteiger partial charge in [-0.05, 0) is 135 Å². The molecule has 0 aliphatic carbocycles. The molecule has 0 aromatic heterocycles. The molecule has 14 aromatic rings. The number of hydrogen-bond acceptors (Lipinski definition) is 6. The second kappa shape index (κ2) is 22.2. The molecule has 430 valence electrons. The molecule has 0 N–H and O–H groups in total. The molecule has 18 rings (SSSR count). The van der Waals surface area contributed by atoms with E-state index < -0.39 is 0 Å². The van der Waals surface area contributed by atoms with Crippen molar-refractivity contribution in [2.45, 2.75) is 9.79 Å². The van der Waals surface area contributed by atoms with E-state index in [4.69, 9.17) is 4.74 Å². The molecule has 8 heteroatoms. The maximum absolute atomic E-state index is 7.17. The Morgan fingerprint density at radius 1 is 0.261 bits per heavy atom.